The molecular weight excluding hydrogens is 432 g/mol. The molecule has 1 saturated carbocycles. The number of esters is 3. The van der Waals surface area contributed by atoms with Crippen molar-refractivity contribution in [2.75, 3.05) is 19.0 Å². The second-order valence-corrected chi connectivity index (χ2v) is 7.38. The molecule has 1 amide bonds. The summed E-state index contributed by atoms with van der Waals surface area (Å²) in [6, 6.07) is 4.52. The van der Waals surface area contributed by atoms with Crippen molar-refractivity contribution in [3.05, 3.63) is 29.8 Å². The summed E-state index contributed by atoms with van der Waals surface area (Å²) in [5, 5.41) is 5.28. The number of alkyl carbamates (subject to hydrolysis) is 1. The van der Waals surface area contributed by atoms with E-state index in [9.17, 15) is 19.2 Å². The Hall–Kier alpha value is -3.30. The molecule has 1 aromatic carbocycles. The number of hydrogen-bond acceptors (Lipinski definition) is 9. The van der Waals surface area contributed by atoms with Gasteiger partial charge < -0.3 is 29.6 Å². The van der Waals surface area contributed by atoms with E-state index in [1.54, 1.807) is 31.2 Å². The molecule has 2 aliphatic rings. The number of ether oxygens (including phenoxy) is 4. The molecule has 1 unspecified atom stereocenters. The van der Waals surface area contributed by atoms with Crippen LogP contribution in [0.25, 0.3) is 0 Å². The highest BCUT2D eigenvalue weighted by molar-refractivity contribution is 6.03. The van der Waals surface area contributed by atoms with Crippen LogP contribution in [0.1, 0.15) is 52.0 Å². The molecule has 1 atom stereocenters. The molecule has 0 aromatic heterocycles. The number of benzene rings is 1. The molecule has 3 rings (SSSR count). The summed E-state index contributed by atoms with van der Waals surface area (Å²) in [6.45, 7) is 5.83. The van der Waals surface area contributed by atoms with Gasteiger partial charge >= 0.3 is 24.0 Å². The van der Waals surface area contributed by atoms with Crippen LogP contribution in [0.15, 0.2) is 24.3 Å². The summed E-state index contributed by atoms with van der Waals surface area (Å²) in [5.74, 6) is -3.03. The second kappa shape index (κ2) is 12.1. The van der Waals surface area contributed by atoms with Gasteiger partial charge in [0.25, 0.3) is 5.79 Å². The van der Waals surface area contributed by atoms with Crippen molar-refractivity contribution in [3.8, 4) is 0 Å². The molecule has 33 heavy (non-hydrogen) atoms. The normalized spacial score (nSPS) is 17.7. The van der Waals surface area contributed by atoms with Crippen molar-refractivity contribution in [1.82, 2.24) is 5.32 Å². The van der Waals surface area contributed by atoms with Gasteiger partial charge in [-0.1, -0.05) is 26.0 Å². The van der Waals surface area contributed by atoms with E-state index >= 15 is 0 Å². The lowest BCUT2D eigenvalue weighted by atomic mass is 10.1. The number of amides is 1. The average Bonchev–Trinajstić information content (AvgIpc) is 3.25. The minimum absolute atomic E-state index is 0.168. The predicted molar refractivity (Wildman–Crippen MR) is 118 cm³/mol. The highest BCUT2D eigenvalue weighted by Gasteiger charge is 2.50. The van der Waals surface area contributed by atoms with Gasteiger partial charge in [-0.2, -0.15) is 0 Å². The molecule has 0 bridgehead atoms. The van der Waals surface area contributed by atoms with Crippen molar-refractivity contribution in [3.63, 3.8) is 0 Å². The summed E-state index contributed by atoms with van der Waals surface area (Å²) in [7, 11) is 1.23. The first-order valence-electron chi connectivity index (χ1n) is 11.2. The van der Waals surface area contributed by atoms with Crippen LogP contribution < -0.4 is 10.6 Å². The Morgan fingerprint density at radius 2 is 1.67 bits per heavy atom. The number of anilines is 1. The zero-order valence-electron chi connectivity index (χ0n) is 19.5. The van der Waals surface area contributed by atoms with Crippen molar-refractivity contribution in [1.29, 1.82) is 0 Å². The molecule has 1 aliphatic heterocycles. The molecule has 10 nitrogen and oxygen atoms in total. The number of carbonyl (C=O) groups is 4. The Morgan fingerprint density at radius 1 is 1.09 bits per heavy atom. The Bertz CT molecular complexity index is 813. The Morgan fingerprint density at radius 3 is 2.18 bits per heavy atom. The standard InChI is InChI=1S/C21H26N2O8.C2H6/c1-3-29-20(27)23-15(17(24)28-2)12-13-6-8-14(9-7-13)22-16-18(25)30-21(31-19(16)26)10-4-5-11-21;1-2/h6-9,15-16,22H,3-5,10-12H2,1-2H3,(H,23,27);1-2H3. The van der Waals surface area contributed by atoms with E-state index in [2.05, 4.69) is 10.6 Å². The molecule has 2 fully saturated rings. The second-order valence-electron chi connectivity index (χ2n) is 7.38. The fourth-order valence-corrected chi connectivity index (χ4v) is 3.63. The molecule has 1 aliphatic carbocycles. The van der Waals surface area contributed by atoms with Crippen LogP contribution in [0.2, 0.25) is 0 Å². The summed E-state index contributed by atoms with van der Waals surface area (Å²) in [6.07, 6.45) is 2.18. The van der Waals surface area contributed by atoms with Gasteiger partial charge in [0.05, 0.1) is 13.7 Å². The maximum Gasteiger partial charge on any atom is 0.407 e. The van der Waals surface area contributed by atoms with Crippen molar-refractivity contribution in [2.45, 2.75) is 70.7 Å². The van der Waals surface area contributed by atoms with E-state index in [1.807, 2.05) is 13.8 Å². The van der Waals surface area contributed by atoms with Gasteiger partial charge in [0.2, 0.25) is 6.04 Å². The van der Waals surface area contributed by atoms with E-state index in [4.69, 9.17) is 18.9 Å². The molecule has 182 valence electrons. The van der Waals surface area contributed by atoms with Crippen molar-refractivity contribution >= 4 is 29.7 Å². The van der Waals surface area contributed by atoms with Gasteiger partial charge in [0.1, 0.15) is 6.04 Å². The summed E-state index contributed by atoms with van der Waals surface area (Å²) < 4.78 is 20.4. The third kappa shape index (κ3) is 6.84. The number of nitrogens with one attached hydrogen (secondary N) is 2. The van der Waals surface area contributed by atoms with Crippen LogP contribution in [0.5, 0.6) is 0 Å². The lowest BCUT2D eigenvalue weighted by molar-refractivity contribution is -0.243. The van der Waals surface area contributed by atoms with Crippen molar-refractivity contribution < 1.29 is 38.1 Å². The predicted octanol–water partition coefficient (Wildman–Crippen LogP) is 2.69. The van der Waals surface area contributed by atoms with E-state index in [0.717, 1.165) is 18.4 Å². The summed E-state index contributed by atoms with van der Waals surface area (Å²) in [4.78, 5) is 48.3. The van der Waals surface area contributed by atoms with Crippen LogP contribution in [0.4, 0.5) is 10.5 Å². The fraction of sp³-hybridized carbons (Fsp3) is 0.565. The Labute approximate surface area is 193 Å². The quantitative estimate of drug-likeness (QED) is 0.355. The number of hydrogen-bond donors (Lipinski definition) is 2. The van der Waals surface area contributed by atoms with Gasteiger partial charge in [-0.25, -0.2) is 19.2 Å². The van der Waals surface area contributed by atoms with Gasteiger partial charge in [-0.15, -0.1) is 0 Å². The third-order valence-corrected chi connectivity index (χ3v) is 5.17. The smallest absolute Gasteiger partial charge is 0.407 e. The number of rotatable bonds is 7. The van der Waals surface area contributed by atoms with E-state index < -0.39 is 41.9 Å². The summed E-state index contributed by atoms with van der Waals surface area (Å²) in [5.41, 5.74) is 1.22. The topological polar surface area (TPSA) is 129 Å². The number of methoxy groups -OCH3 is 1. The first kappa shape index (κ1) is 26.0. The lowest BCUT2D eigenvalue weighted by Gasteiger charge is -2.35. The first-order valence-corrected chi connectivity index (χ1v) is 11.2. The molecule has 2 N–H and O–H groups in total. The average molecular weight is 465 g/mol. The monoisotopic (exact) mass is 464 g/mol. The molecule has 1 aromatic rings. The zero-order valence-corrected chi connectivity index (χ0v) is 19.5. The molecule has 0 radical (unpaired) electrons. The molecule has 1 heterocycles. The first-order chi connectivity index (χ1) is 15.9. The minimum atomic E-state index is -1.25. The maximum atomic E-state index is 12.4. The molecular formula is C23H32N2O8. The summed E-state index contributed by atoms with van der Waals surface area (Å²) >= 11 is 0. The SMILES string of the molecule is CC.CCOC(=O)NC(Cc1ccc(NC2C(=O)OC3(CCCC3)OC2=O)cc1)C(=O)OC. The van der Waals surface area contributed by atoms with Crippen LogP contribution in [0.3, 0.4) is 0 Å². The zero-order chi connectivity index (χ0) is 24.4. The molecule has 1 spiro atoms. The van der Waals surface area contributed by atoms with Crippen LogP contribution in [-0.4, -0.2) is 55.6 Å². The van der Waals surface area contributed by atoms with Crippen molar-refractivity contribution in [2.24, 2.45) is 0 Å². The highest BCUT2D eigenvalue weighted by Crippen LogP contribution is 2.37. The van der Waals surface area contributed by atoms with E-state index in [0.29, 0.717) is 18.5 Å². The number of carbonyl (C=O) groups excluding carboxylic acids is 4. The van der Waals surface area contributed by atoms with Gasteiger partial charge in [0, 0.05) is 24.9 Å². The van der Waals surface area contributed by atoms with Crippen LogP contribution in [-0.2, 0) is 39.8 Å². The van der Waals surface area contributed by atoms with Crippen LogP contribution in [0, 0.1) is 0 Å². The molecule has 1 saturated heterocycles. The molecule has 10 heteroatoms. The van der Waals surface area contributed by atoms with Gasteiger partial charge in [0.15, 0.2) is 0 Å². The van der Waals surface area contributed by atoms with E-state index in [-0.39, 0.29) is 13.0 Å². The fourth-order valence-electron chi connectivity index (χ4n) is 3.63. The van der Waals surface area contributed by atoms with E-state index in [1.165, 1.54) is 7.11 Å². The largest absolute Gasteiger partial charge is 0.467 e. The maximum absolute atomic E-state index is 12.4. The van der Waals surface area contributed by atoms with Gasteiger partial charge in [-0.05, 0) is 37.5 Å². The third-order valence-electron chi connectivity index (χ3n) is 5.17. The lowest BCUT2D eigenvalue weighted by Crippen LogP contribution is -2.54. The Kier molecular flexibility index (Phi) is 9.50. The Balaban J connectivity index is 0.00000187. The highest BCUT2D eigenvalue weighted by atomic mass is 16.7. The minimum Gasteiger partial charge on any atom is -0.467 e. The van der Waals surface area contributed by atoms with Gasteiger partial charge in [-0.3, -0.25) is 0 Å². The van der Waals surface area contributed by atoms with Crippen LogP contribution >= 0.6 is 0 Å².